The molecule has 0 saturated heterocycles. The molecule has 0 aliphatic rings. The summed E-state index contributed by atoms with van der Waals surface area (Å²) in [6, 6.07) is 0.0591. The lowest BCUT2D eigenvalue weighted by atomic mass is 10.0. The Morgan fingerprint density at radius 3 is 1.65 bits per heavy atom. The lowest BCUT2D eigenvalue weighted by molar-refractivity contribution is -0.123. The molecule has 0 saturated carbocycles. The van der Waals surface area contributed by atoms with Crippen LogP contribution in [0.4, 0.5) is 0 Å². The summed E-state index contributed by atoms with van der Waals surface area (Å²) in [6.45, 7) is 9.05. The molecule has 2 N–H and O–H groups in total. The van der Waals surface area contributed by atoms with E-state index in [2.05, 4.69) is 25.7 Å². The third-order valence-electron chi connectivity index (χ3n) is 5.60. The molecule has 0 aromatic carbocycles. The maximum absolute atomic E-state index is 12.3. The van der Waals surface area contributed by atoms with E-state index in [9.17, 15) is 4.79 Å². The van der Waals surface area contributed by atoms with E-state index in [0.29, 0.717) is 12.3 Å². The first-order valence-corrected chi connectivity index (χ1v) is 11.6. The summed E-state index contributed by atoms with van der Waals surface area (Å²) in [5.74, 6) is 0.409. The zero-order valence-electron chi connectivity index (χ0n) is 18.2. The van der Waals surface area contributed by atoms with E-state index in [4.69, 9.17) is 5.73 Å². The second-order valence-electron chi connectivity index (χ2n) is 7.91. The Hall–Kier alpha value is -0.410. The van der Waals surface area contributed by atoms with Gasteiger partial charge in [-0.25, -0.2) is 0 Å². The van der Waals surface area contributed by atoms with Crippen molar-refractivity contribution in [1.82, 2.24) is 4.90 Å². The molecule has 0 amide bonds. The van der Waals surface area contributed by atoms with Crippen LogP contribution >= 0.6 is 0 Å². The van der Waals surface area contributed by atoms with E-state index in [0.717, 1.165) is 32.4 Å². The number of Topliss-reactive ketones (excluding diaryl/α,β-unsaturated/α-hetero) is 1. The van der Waals surface area contributed by atoms with E-state index in [-0.39, 0.29) is 6.04 Å². The number of hydrogen-bond donors (Lipinski definition) is 1. The number of carbonyl (C=O) groups excluding carboxylic acids is 1. The van der Waals surface area contributed by atoms with Gasteiger partial charge in [0.2, 0.25) is 0 Å². The third kappa shape index (κ3) is 14.7. The lowest BCUT2D eigenvalue weighted by Gasteiger charge is -2.26. The third-order valence-corrected chi connectivity index (χ3v) is 5.60. The molecule has 0 bridgehead atoms. The largest absolute Gasteiger partial charge is 0.330 e. The van der Waals surface area contributed by atoms with Crippen LogP contribution in [-0.4, -0.2) is 36.4 Å². The van der Waals surface area contributed by atoms with Crippen molar-refractivity contribution in [3.8, 4) is 0 Å². The van der Waals surface area contributed by atoms with Gasteiger partial charge >= 0.3 is 0 Å². The maximum atomic E-state index is 12.3. The van der Waals surface area contributed by atoms with Gasteiger partial charge < -0.3 is 5.73 Å². The van der Waals surface area contributed by atoms with Crippen LogP contribution < -0.4 is 5.73 Å². The molecule has 0 fully saturated rings. The number of carbonyl (C=O) groups is 1. The van der Waals surface area contributed by atoms with Crippen LogP contribution in [-0.2, 0) is 4.79 Å². The summed E-state index contributed by atoms with van der Waals surface area (Å²) in [6.07, 6.45) is 19.3. The first-order valence-electron chi connectivity index (χ1n) is 11.6. The number of nitrogens with two attached hydrogens (primary N) is 1. The quantitative estimate of drug-likeness (QED) is 0.264. The van der Waals surface area contributed by atoms with Crippen molar-refractivity contribution in [3.63, 3.8) is 0 Å². The molecule has 3 nitrogen and oxygen atoms in total. The fraction of sp³-hybridized carbons (Fsp3) is 0.957. The van der Waals surface area contributed by atoms with Gasteiger partial charge in [-0.2, -0.15) is 0 Å². The molecule has 0 heterocycles. The molecule has 0 aliphatic heterocycles. The topological polar surface area (TPSA) is 46.3 Å². The van der Waals surface area contributed by atoms with Crippen molar-refractivity contribution in [2.24, 2.45) is 5.73 Å². The zero-order chi connectivity index (χ0) is 19.5. The molecule has 0 aromatic heterocycles. The van der Waals surface area contributed by atoms with E-state index in [1.807, 2.05) is 0 Å². The van der Waals surface area contributed by atoms with Gasteiger partial charge in [-0.3, -0.25) is 9.69 Å². The summed E-state index contributed by atoms with van der Waals surface area (Å²) in [7, 11) is 0. The molecule has 156 valence electrons. The number of hydrogen-bond acceptors (Lipinski definition) is 3. The summed E-state index contributed by atoms with van der Waals surface area (Å²) in [4.78, 5) is 14.6. The minimum absolute atomic E-state index is 0.0591. The minimum Gasteiger partial charge on any atom is -0.330 e. The lowest BCUT2D eigenvalue weighted by Crippen LogP contribution is -2.40. The van der Waals surface area contributed by atoms with Gasteiger partial charge in [0.25, 0.3) is 0 Å². The predicted octanol–water partition coefficient (Wildman–Crippen LogP) is 6.10. The van der Waals surface area contributed by atoms with Gasteiger partial charge in [0.15, 0.2) is 0 Å². The van der Waals surface area contributed by atoms with Crippen molar-refractivity contribution < 1.29 is 4.79 Å². The van der Waals surface area contributed by atoms with E-state index in [1.54, 1.807) is 0 Å². The molecule has 0 spiro atoms. The van der Waals surface area contributed by atoms with Gasteiger partial charge in [-0.05, 0) is 32.9 Å². The summed E-state index contributed by atoms with van der Waals surface area (Å²) >= 11 is 0. The van der Waals surface area contributed by atoms with Crippen molar-refractivity contribution in [2.75, 3.05) is 19.6 Å². The van der Waals surface area contributed by atoms with Gasteiger partial charge in [0, 0.05) is 13.0 Å². The van der Waals surface area contributed by atoms with Crippen LogP contribution in [0.1, 0.15) is 117 Å². The smallest absolute Gasteiger partial charge is 0.149 e. The van der Waals surface area contributed by atoms with E-state index in [1.165, 1.54) is 77.0 Å². The Morgan fingerprint density at radius 1 is 0.769 bits per heavy atom. The van der Waals surface area contributed by atoms with E-state index < -0.39 is 0 Å². The van der Waals surface area contributed by atoms with Crippen LogP contribution in [0, 0.1) is 0 Å². The summed E-state index contributed by atoms with van der Waals surface area (Å²) < 4.78 is 0. The average molecular weight is 369 g/mol. The van der Waals surface area contributed by atoms with Crippen molar-refractivity contribution in [2.45, 2.75) is 123 Å². The molecule has 1 atom stereocenters. The molecule has 0 rings (SSSR count). The first kappa shape index (κ1) is 25.6. The van der Waals surface area contributed by atoms with Crippen LogP contribution in [0.3, 0.4) is 0 Å². The second kappa shape index (κ2) is 19.4. The first-order chi connectivity index (χ1) is 12.7. The van der Waals surface area contributed by atoms with Crippen LogP contribution in [0.5, 0.6) is 0 Å². The predicted molar refractivity (Wildman–Crippen MR) is 116 cm³/mol. The molecular formula is C23H48N2O. The Kier molecular flexibility index (Phi) is 19.0. The number of likely N-dealkylation sites (N-methyl/N-ethyl adjacent to an activating group) is 1. The highest BCUT2D eigenvalue weighted by molar-refractivity contribution is 5.83. The van der Waals surface area contributed by atoms with E-state index >= 15 is 0 Å². The van der Waals surface area contributed by atoms with Gasteiger partial charge in [-0.15, -0.1) is 0 Å². The molecule has 3 heteroatoms. The SMILES string of the molecule is CCCCCCCCCCCCCCCC(=O)C(C)N(CC)CCCN. The summed E-state index contributed by atoms with van der Waals surface area (Å²) in [5.41, 5.74) is 5.59. The summed E-state index contributed by atoms with van der Waals surface area (Å²) in [5, 5.41) is 0. The second-order valence-corrected chi connectivity index (χ2v) is 7.91. The molecule has 0 aromatic rings. The minimum atomic E-state index is 0.0591. The Morgan fingerprint density at radius 2 is 1.23 bits per heavy atom. The van der Waals surface area contributed by atoms with Gasteiger partial charge in [-0.1, -0.05) is 90.9 Å². The Balaban J connectivity index is 3.47. The number of nitrogens with zero attached hydrogens (tertiary/aromatic N) is 1. The van der Waals surface area contributed by atoms with Crippen LogP contribution in [0.15, 0.2) is 0 Å². The molecule has 26 heavy (non-hydrogen) atoms. The number of rotatable bonds is 20. The number of ketones is 1. The number of unbranched alkanes of at least 4 members (excludes halogenated alkanes) is 12. The normalized spacial score (nSPS) is 12.7. The standard InChI is InChI=1S/C23H48N2O/c1-4-6-7-8-9-10-11-12-13-14-15-16-17-19-23(26)22(3)25(5-2)21-18-20-24/h22H,4-21,24H2,1-3H3. The maximum Gasteiger partial charge on any atom is 0.149 e. The molecule has 1 unspecified atom stereocenters. The van der Waals surface area contributed by atoms with Gasteiger partial charge in [0.05, 0.1) is 6.04 Å². The molecule has 0 radical (unpaired) electrons. The highest BCUT2D eigenvalue weighted by atomic mass is 16.1. The highest BCUT2D eigenvalue weighted by Gasteiger charge is 2.18. The van der Waals surface area contributed by atoms with Gasteiger partial charge in [0.1, 0.15) is 5.78 Å². The van der Waals surface area contributed by atoms with Crippen molar-refractivity contribution in [3.05, 3.63) is 0 Å². The monoisotopic (exact) mass is 368 g/mol. The fourth-order valence-electron chi connectivity index (χ4n) is 3.65. The molecule has 0 aliphatic carbocycles. The van der Waals surface area contributed by atoms with Crippen LogP contribution in [0.25, 0.3) is 0 Å². The fourth-order valence-corrected chi connectivity index (χ4v) is 3.65. The molecular weight excluding hydrogens is 320 g/mol. The van der Waals surface area contributed by atoms with Crippen molar-refractivity contribution >= 4 is 5.78 Å². The Bertz CT molecular complexity index is 307. The van der Waals surface area contributed by atoms with Crippen molar-refractivity contribution in [1.29, 1.82) is 0 Å². The zero-order valence-corrected chi connectivity index (χ0v) is 18.2. The average Bonchev–Trinajstić information content (AvgIpc) is 2.65. The Labute approximate surface area is 164 Å². The highest BCUT2D eigenvalue weighted by Crippen LogP contribution is 2.14. The van der Waals surface area contributed by atoms with Crippen LogP contribution in [0.2, 0.25) is 0 Å².